The molecule has 0 N–H and O–H groups in total. The Hall–Kier alpha value is -0.780. The molecule has 2 atom stereocenters. The van der Waals surface area contributed by atoms with Gasteiger partial charge in [0, 0.05) is 0 Å². The molecule has 0 spiro atoms. The highest BCUT2D eigenvalue weighted by molar-refractivity contribution is 4.99. The molecule has 0 aliphatic carbocycles. The summed E-state index contributed by atoms with van der Waals surface area (Å²) in [5.74, 6) is 1.28. The van der Waals surface area contributed by atoms with Crippen molar-refractivity contribution in [2.75, 3.05) is 0 Å². The van der Waals surface area contributed by atoms with Crippen molar-refractivity contribution in [1.29, 1.82) is 0 Å². The van der Waals surface area contributed by atoms with E-state index >= 15 is 0 Å². The van der Waals surface area contributed by atoms with Gasteiger partial charge in [0.15, 0.2) is 0 Å². The highest BCUT2D eigenvalue weighted by atomic mass is 14.2. The van der Waals surface area contributed by atoms with Crippen LogP contribution in [0.25, 0.3) is 0 Å². The van der Waals surface area contributed by atoms with E-state index in [-0.39, 0.29) is 0 Å². The summed E-state index contributed by atoms with van der Waals surface area (Å²) in [4.78, 5) is 0. The standard InChI is InChI=1S/C15H26/c1-7-14(6)9-11-15(13(4)5)10-8-12(2)3/h7,14-15H,1-2,4,8-11H2,3,5-6H3. The molecule has 0 saturated heterocycles. The SMILES string of the molecule is C=CC(C)CCC(CCC(=C)C)C(=C)C. The lowest BCUT2D eigenvalue weighted by atomic mass is 9.88. The summed E-state index contributed by atoms with van der Waals surface area (Å²) in [6.45, 7) is 18.3. The van der Waals surface area contributed by atoms with Crippen LogP contribution < -0.4 is 0 Å². The number of hydrogen-bond acceptors (Lipinski definition) is 0. The van der Waals surface area contributed by atoms with E-state index in [1.165, 1.54) is 30.4 Å². The predicted molar refractivity (Wildman–Crippen MR) is 70.9 cm³/mol. The van der Waals surface area contributed by atoms with Gasteiger partial charge in [-0.25, -0.2) is 0 Å². The monoisotopic (exact) mass is 206 g/mol. The molecule has 0 bridgehead atoms. The zero-order chi connectivity index (χ0) is 11.8. The van der Waals surface area contributed by atoms with E-state index in [0.717, 1.165) is 6.42 Å². The van der Waals surface area contributed by atoms with Gasteiger partial charge in [0.05, 0.1) is 0 Å². The molecule has 15 heavy (non-hydrogen) atoms. The van der Waals surface area contributed by atoms with E-state index in [4.69, 9.17) is 0 Å². The van der Waals surface area contributed by atoms with Gasteiger partial charge in [-0.3, -0.25) is 0 Å². The van der Waals surface area contributed by atoms with Crippen molar-refractivity contribution in [3.8, 4) is 0 Å². The molecule has 0 aliphatic heterocycles. The first-order chi connectivity index (χ1) is 6.97. The van der Waals surface area contributed by atoms with Gasteiger partial charge in [-0.1, -0.05) is 30.7 Å². The lowest BCUT2D eigenvalue weighted by molar-refractivity contribution is 0.464. The smallest absolute Gasteiger partial charge is 0.0205 e. The quantitative estimate of drug-likeness (QED) is 0.482. The molecule has 0 aromatic carbocycles. The van der Waals surface area contributed by atoms with Crippen LogP contribution in [0.2, 0.25) is 0 Å². The maximum Gasteiger partial charge on any atom is -0.0205 e. The Morgan fingerprint density at radius 3 is 2.13 bits per heavy atom. The largest absolute Gasteiger partial charge is 0.103 e. The minimum atomic E-state index is 0.622. The summed E-state index contributed by atoms with van der Waals surface area (Å²) in [6.07, 6.45) is 6.82. The van der Waals surface area contributed by atoms with Gasteiger partial charge in [-0.15, -0.1) is 13.2 Å². The Kier molecular flexibility index (Phi) is 7.11. The maximum atomic E-state index is 4.08. The third-order valence-electron chi connectivity index (χ3n) is 2.99. The molecule has 0 heterocycles. The molecule has 0 rings (SSSR count). The summed E-state index contributed by atoms with van der Waals surface area (Å²) >= 11 is 0. The van der Waals surface area contributed by atoms with Crippen LogP contribution in [0.3, 0.4) is 0 Å². The zero-order valence-corrected chi connectivity index (χ0v) is 10.7. The fraction of sp³-hybridized carbons (Fsp3) is 0.600. The highest BCUT2D eigenvalue weighted by Gasteiger charge is 2.10. The second-order valence-corrected chi connectivity index (χ2v) is 4.83. The van der Waals surface area contributed by atoms with Crippen molar-refractivity contribution in [2.24, 2.45) is 11.8 Å². The normalized spacial score (nSPS) is 14.3. The van der Waals surface area contributed by atoms with Crippen molar-refractivity contribution < 1.29 is 0 Å². The van der Waals surface area contributed by atoms with Gasteiger partial charge in [-0.2, -0.15) is 0 Å². The van der Waals surface area contributed by atoms with Crippen molar-refractivity contribution in [1.82, 2.24) is 0 Å². The maximum absolute atomic E-state index is 4.08. The van der Waals surface area contributed by atoms with E-state index in [1.54, 1.807) is 0 Å². The fourth-order valence-corrected chi connectivity index (χ4v) is 1.64. The summed E-state index contributed by atoms with van der Waals surface area (Å²) < 4.78 is 0. The lowest BCUT2D eigenvalue weighted by Crippen LogP contribution is -2.04. The van der Waals surface area contributed by atoms with Crippen LogP contribution >= 0.6 is 0 Å². The first kappa shape index (κ1) is 14.2. The molecule has 86 valence electrons. The van der Waals surface area contributed by atoms with Gasteiger partial charge in [-0.05, 0) is 51.4 Å². The van der Waals surface area contributed by atoms with Crippen LogP contribution in [-0.2, 0) is 0 Å². The number of allylic oxidation sites excluding steroid dienone is 3. The predicted octanol–water partition coefficient (Wildman–Crippen LogP) is 5.14. The topological polar surface area (TPSA) is 0 Å². The molecule has 0 aromatic heterocycles. The van der Waals surface area contributed by atoms with Crippen molar-refractivity contribution in [2.45, 2.75) is 46.5 Å². The molecule has 0 fully saturated rings. The molecule has 0 amide bonds. The Bertz CT molecular complexity index is 222. The van der Waals surface area contributed by atoms with E-state index in [1.807, 2.05) is 6.08 Å². The van der Waals surface area contributed by atoms with Gasteiger partial charge in [0.1, 0.15) is 0 Å². The van der Waals surface area contributed by atoms with Crippen molar-refractivity contribution >= 4 is 0 Å². The lowest BCUT2D eigenvalue weighted by Gasteiger charge is -2.18. The summed E-state index contributed by atoms with van der Waals surface area (Å²) in [7, 11) is 0. The first-order valence-electron chi connectivity index (χ1n) is 5.89. The molecular weight excluding hydrogens is 180 g/mol. The minimum absolute atomic E-state index is 0.622. The molecule has 0 nitrogen and oxygen atoms in total. The number of rotatable bonds is 8. The van der Waals surface area contributed by atoms with Crippen LogP contribution in [-0.4, -0.2) is 0 Å². The van der Waals surface area contributed by atoms with Gasteiger partial charge >= 0.3 is 0 Å². The third-order valence-corrected chi connectivity index (χ3v) is 2.99. The molecule has 0 aromatic rings. The second-order valence-electron chi connectivity index (χ2n) is 4.83. The molecule has 0 heteroatoms. The Morgan fingerprint density at radius 1 is 1.13 bits per heavy atom. The van der Waals surface area contributed by atoms with Crippen LogP contribution in [0.15, 0.2) is 37.0 Å². The van der Waals surface area contributed by atoms with Crippen LogP contribution in [0.1, 0.15) is 46.5 Å². The molecular formula is C15H26. The average Bonchev–Trinajstić information content (AvgIpc) is 2.16. The minimum Gasteiger partial charge on any atom is -0.103 e. The third kappa shape index (κ3) is 7.18. The zero-order valence-electron chi connectivity index (χ0n) is 10.7. The Labute approximate surface area is 95.8 Å². The van der Waals surface area contributed by atoms with Gasteiger partial charge in [0.2, 0.25) is 0 Å². The van der Waals surface area contributed by atoms with E-state index in [2.05, 4.69) is 40.5 Å². The molecule has 0 saturated carbocycles. The Balaban J connectivity index is 3.99. The molecule has 0 aliphatic rings. The average molecular weight is 206 g/mol. The highest BCUT2D eigenvalue weighted by Crippen LogP contribution is 2.24. The van der Waals surface area contributed by atoms with Crippen molar-refractivity contribution in [3.05, 3.63) is 37.0 Å². The summed E-state index contributed by atoms with van der Waals surface area (Å²) in [6, 6.07) is 0. The first-order valence-corrected chi connectivity index (χ1v) is 5.89. The van der Waals surface area contributed by atoms with Crippen LogP contribution in [0, 0.1) is 11.8 Å². The van der Waals surface area contributed by atoms with Gasteiger partial charge in [0.25, 0.3) is 0 Å². The van der Waals surface area contributed by atoms with Crippen molar-refractivity contribution in [3.63, 3.8) is 0 Å². The second kappa shape index (κ2) is 7.50. The summed E-state index contributed by atoms with van der Waals surface area (Å²) in [5.41, 5.74) is 2.59. The van der Waals surface area contributed by atoms with Crippen LogP contribution in [0.5, 0.6) is 0 Å². The molecule has 2 unspecified atom stereocenters. The Morgan fingerprint density at radius 2 is 1.73 bits per heavy atom. The van der Waals surface area contributed by atoms with E-state index in [9.17, 15) is 0 Å². The summed E-state index contributed by atoms with van der Waals surface area (Å²) in [5, 5.41) is 0. The molecule has 0 radical (unpaired) electrons. The van der Waals surface area contributed by atoms with E-state index in [0.29, 0.717) is 11.8 Å². The number of hydrogen-bond donors (Lipinski definition) is 0. The van der Waals surface area contributed by atoms with Crippen LogP contribution in [0.4, 0.5) is 0 Å². The van der Waals surface area contributed by atoms with Gasteiger partial charge < -0.3 is 0 Å². The van der Waals surface area contributed by atoms with E-state index < -0.39 is 0 Å². The fourth-order valence-electron chi connectivity index (χ4n) is 1.64.